The van der Waals surface area contributed by atoms with Crippen molar-refractivity contribution >= 4 is 11.9 Å². The van der Waals surface area contributed by atoms with E-state index in [1.165, 1.54) is 19.3 Å². The van der Waals surface area contributed by atoms with Crippen LogP contribution in [0.5, 0.6) is 0 Å². The molecule has 0 aromatic rings. The van der Waals surface area contributed by atoms with E-state index in [4.69, 9.17) is 9.84 Å². The Morgan fingerprint density at radius 2 is 2.18 bits per heavy atom. The van der Waals surface area contributed by atoms with Crippen LogP contribution < -0.4 is 5.32 Å². The Hall–Kier alpha value is -1.10. The molecule has 2 fully saturated rings. The largest absolute Gasteiger partial charge is 0.479 e. The first-order valence-corrected chi connectivity index (χ1v) is 6.24. The van der Waals surface area contributed by atoms with Gasteiger partial charge in [0.25, 0.3) is 0 Å². The van der Waals surface area contributed by atoms with Crippen LogP contribution in [0.4, 0.5) is 0 Å². The molecule has 1 saturated heterocycles. The summed E-state index contributed by atoms with van der Waals surface area (Å²) in [7, 11) is 0. The van der Waals surface area contributed by atoms with Crippen LogP contribution in [0.2, 0.25) is 0 Å². The molecule has 2 N–H and O–H groups in total. The van der Waals surface area contributed by atoms with Crippen LogP contribution in [0.1, 0.15) is 38.5 Å². The zero-order valence-electron chi connectivity index (χ0n) is 9.91. The molecule has 1 amide bonds. The SMILES string of the molecule is O=C(CCC1CCC1)NC1(C(=O)O)CCOC1. The van der Waals surface area contributed by atoms with E-state index in [9.17, 15) is 9.59 Å². The molecule has 0 radical (unpaired) electrons. The molecule has 0 spiro atoms. The van der Waals surface area contributed by atoms with E-state index in [0.29, 0.717) is 25.4 Å². The molecule has 2 aliphatic rings. The molecule has 2 rings (SSSR count). The highest BCUT2D eigenvalue weighted by Crippen LogP contribution is 2.30. The lowest BCUT2D eigenvalue weighted by Gasteiger charge is -2.27. The summed E-state index contributed by atoms with van der Waals surface area (Å²) >= 11 is 0. The quantitative estimate of drug-likeness (QED) is 0.750. The predicted octanol–water partition coefficient (Wildman–Crippen LogP) is 0.927. The Balaban J connectivity index is 1.80. The third kappa shape index (κ3) is 2.77. The first-order chi connectivity index (χ1) is 8.12. The van der Waals surface area contributed by atoms with Gasteiger partial charge in [-0.1, -0.05) is 19.3 Å². The van der Waals surface area contributed by atoms with Gasteiger partial charge in [-0.15, -0.1) is 0 Å². The van der Waals surface area contributed by atoms with Gasteiger partial charge >= 0.3 is 5.97 Å². The summed E-state index contributed by atoms with van der Waals surface area (Å²) in [5.41, 5.74) is -1.18. The molecule has 1 atom stereocenters. The van der Waals surface area contributed by atoms with Gasteiger partial charge in [0.1, 0.15) is 0 Å². The van der Waals surface area contributed by atoms with Crippen LogP contribution in [0.3, 0.4) is 0 Å². The van der Waals surface area contributed by atoms with Crippen molar-refractivity contribution in [1.82, 2.24) is 5.32 Å². The lowest BCUT2D eigenvalue weighted by atomic mass is 9.82. The topological polar surface area (TPSA) is 75.6 Å². The fraction of sp³-hybridized carbons (Fsp3) is 0.833. The van der Waals surface area contributed by atoms with E-state index in [-0.39, 0.29) is 12.5 Å². The molecule has 17 heavy (non-hydrogen) atoms. The minimum atomic E-state index is -1.18. The highest BCUT2D eigenvalue weighted by molar-refractivity contribution is 5.87. The average Bonchev–Trinajstić information content (AvgIpc) is 2.65. The number of carbonyl (C=O) groups is 2. The Kier molecular flexibility index (Phi) is 3.66. The van der Waals surface area contributed by atoms with E-state index in [1.807, 2.05) is 0 Å². The molecule has 1 aliphatic heterocycles. The second-order valence-electron chi connectivity index (χ2n) is 5.07. The molecule has 0 aromatic carbocycles. The molecule has 1 aliphatic carbocycles. The van der Waals surface area contributed by atoms with Gasteiger partial charge in [0.15, 0.2) is 5.54 Å². The predicted molar refractivity (Wildman–Crippen MR) is 60.5 cm³/mol. The van der Waals surface area contributed by atoms with Crippen LogP contribution in [0.15, 0.2) is 0 Å². The first kappa shape index (κ1) is 12.4. The maximum absolute atomic E-state index is 11.7. The van der Waals surface area contributed by atoms with Crippen LogP contribution in [-0.2, 0) is 14.3 Å². The van der Waals surface area contributed by atoms with Crippen molar-refractivity contribution < 1.29 is 19.4 Å². The molecule has 96 valence electrons. The number of carboxylic acid groups (broad SMARTS) is 1. The minimum Gasteiger partial charge on any atom is -0.479 e. The van der Waals surface area contributed by atoms with Gasteiger partial charge in [-0.05, 0) is 12.3 Å². The molecular formula is C12H19NO4. The van der Waals surface area contributed by atoms with Crippen molar-refractivity contribution in [3.05, 3.63) is 0 Å². The van der Waals surface area contributed by atoms with Crippen molar-refractivity contribution in [2.45, 2.75) is 44.1 Å². The minimum absolute atomic E-state index is 0.0809. The number of hydrogen-bond acceptors (Lipinski definition) is 3. The van der Waals surface area contributed by atoms with E-state index in [1.54, 1.807) is 0 Å². The smallest absolute Gasteiger partial charge is 0.331 e. The summed E-state index contributed by atoms with van der Waals surface area (Å²) in [5.74, 6) is -0.488. The van der Waals surface area contributed by atoms with Crippen molar-refractivity contribution in [3.63, 3.8) is 0 Å². The summed E-state index contributed by atoms with van der Waals surface area (Å²) < 4.78 is 5.09. The lowest BCUT2D eigenvalue weighted by Crippen LogP contribution is -2.55. The molecular weight excluding hydrogens is 222 g/mol. The highest BCUT2D eigenvalue weighted by atomic mass is 16.5. The van der Waals surface area contributed by atoms with Gasteiger partial charge in [0.05, 0.1) is 6.61 Å². The van der Waals surface area contributed by atoms with Crippen LogP contribution >= 0.6 is 0 Å². The standard InChI is InChI=1S/C12H19NO4/c14-10(5-4-9-2-1-3-9)13-12(11(15)16)6-7-17-8-12/h9H,1-8H2,(H,13,14)(H,15,16). The summed E-state index contributed by atoms with van der Waals surface area (Å²) in [6, 6.07) is 0. The number of carboxylic acids is 1. The zero-order chi connectivity index (χ0) is 12.3. The molecule has 1 heterocycles. The van der Waals surface area contributed by atoms with Gasteiger partial charge in [-0.25, -0.2) is 4.79 Å². The normalized spacial score (nSPS) is 28.7. The Morgan fingerprint density at radius 3 is 2.65 bits per heavy atom. The number of carbonyl (C=O) groups excluding carboxylic acids is 1. The van der Waals surface area contributed by atoms with Gasteiger partial charge in [-0.2, -0.15) is 0 Å². The molecule has 5 nitrogen and oxygen atoms in total. The summed E-state index contributed by atoms with van der Waals surface area (Å²) in [5, 5.41) is 11.8. The van der Waals surface area contributed by atoms with Crippen molar-refractivity contribution in [1.29, 1.82) is 0 Å². The Labute approximate surface area is 101 Å². The highest BCUT2D eigenvalue weighted by Gasteiger charge is 2.43. The zero-order valence-corrected chi connectivity index (χ0v) is 9.91. The Morgan fingerprint density at radius 1 is 1.41 bits per heavy atom. The maximum Gasteiger partial charge on any atom is 0.331 e. The second kappa shape index (κ2) is 5.04. The third-order valence-corrected chi connectivity index (χ3v) is 3.81. The van der Waals surface area contributed by atoms with E-state index >= 15 is 0 Å². The van der Waals surface area contributed by atoms with Gasteiger partial charge in [0.2, 0.25) is 5.91 Å². The summed E-state index contributed by atoms with van der Waals surface area (Å²) in [6.07, 6.45) is 5.35. The van der Waals surface area contributed by atoms with E-state index < -0.39 is 11.5 Å². The third-order valence-electron chi connectivity index (χ3n) is 3.81. The van der Waals surface area contributed by atoms with Crippen molar-refractivity contribution in [2.24, 2.45) is 5.92 Å². The molecule has 0 bridgehead atoms. The molecule has 1 unspecified atom stereocenters. The molecule has 1 saturated carbocycles. The van der Waals surface area contributed by atoms with Crippen LogP contribution in [-0.4, -0.2) is 35.7 Å². The number of aliphatic carboxylic acids is 1. The van der Waals surface area contributed by atoms with Crippen molar-refractivity contribution in [3.8, 4) is 0 Å². The van der Waals surface area contributed by atoms with E-state index in [2.05, 4.69) is 5.32 Å². The number of amides is 1. The average molecular weight is 241 g/mol. The monoisotopic (exact) mass is 241 g/mol. The van der Waals surface area contributed by atoms with E-state index in [0.717, 1.165) is 6.42 Å². The fourth-order valence-corrected chi connectivity index (χ4v) is 2.33. The second-order valence-corrected chi connectivity index (χ2v) is 5.07. The number of rotatable bonds is 5. The number of ether oxygens (including phenoxy) is 1. The fourth-order valence-electron chi connectivity index (χ4n) is 2.33. The lowest BCUT2D eigenvalue weighted by molar-refractivity contribution is -0.147. The number of nitrogens with one attached hydrogen (secondary N) is 1. The Bertz CT molecular complexity index is 306. The molecule has 5 heteroatoms. The molecule has 0 aromatic heterocycles. The van der Waals surface area contributed by atoms with Crippen LogP contribution in [0.25, 0.3) is 0 Å². The maximum atomic E-state index is 11.7. The summed E-state index contributed by atoms with van der Waals surface area (Å²) in [6.45, 7) is 0.479. The summed E-state index contributed by atoms with van der Waals surface area (Å²) in [4.78, 5) is 22.9. The number of hydrogen-bond donors (Lipinski definition) is 2. The first-order valence-electron chi connectivity index (χ1n) is 6.24. The van der Waals surface area contributed by atoms with Gasteiger partial charge in [0, 0.05) is 19.4 Å². The van der Waals surface area contributed by atoms with Gasteiger partial charge < -0.3 is 15.2 Å². The van der Waals surface area contributed by atoms with Crippen LogP contribution in [0, 0.1) is 5.92 Å². The van der Waals surface area contributed by atoms with Crippen molar-refractivity contribution in [2.75, 3.05) is 13.2 Å². The van der Waals surface area contributed by atoms with Gasteiger partial charge in [-0.3, -0.25) is 4.79 Å².